The summed E-state index contributed by atoms with van der Waals surface area (Å²) in [6.07, 6.45) is 25.6. The van der Waals surface area contributed by atoms with E-state index in [0.29, 0.717) is 12.8 Å². The molecule has 0 aliphatic rings. The monoisotopic (exact) mass is 438 g/mol. The maximum Gasteiger partial charge on any atom is 0.307 e. The van der Waals surface area contributed by atoms with Gasteiger partial charge in [0, 0.05) is 6.42 Å². The largest absolute Gasteiger partial charge is 0.481 e. The van der Waals surface area contributed by atoms with Gasteiger partial charge in [0.15, 0.2) is 0 Å². The van der Waals surface area contributed by atoms with Gasteiger partial charge < -0.3 is 9.84 Å². The van der Waals surface area contributed by atoms with Crippen molar-refractivity contribution in [1.82, 2.24) is 0 Å². The van der Waals surface area contributed by atoms with Crippen LogP contribution in [0.3, 0.4) is 0 Å². The zero-order chi connectivity index (χ0) is 23.0. The fourth-order valence-corrected chi connectivity index (χ4v) is 3.78. The second-order valence-corrected chi connectivity index (χ2v) is 8.89. The molecular formula is C27H50O4. The van der Waals surface area contributed by atoms with Crippen molar-refractivity contribution in [3.05, 3.63) is 12.2 Å². The summed E-state index contributed by atoms with van der Waals surface area (Å²) in [7, 11) is 0. The molecule has 4 heteroatoms. The van der Waals surface area contributed by atoms with Crippen LogP contribution in [0.1, 0.15) is 142 Å². The number of aliphatic carboxylic acids is 1. The van der Waals surface area contributed by atoms with Gasteiger partial charge in [-0.3, -0.25) is 9.59 Å². The van der Waals surface area contributed by atoms with Crippen molar-refractivity contribution in [2.75, 3.05) is 0 Å². The topological polar surface area (TPSA) is 63.6 Å². The lowest BCUT2D eigenvalue weighted by molar-refractivity contribution is -0.153. The van der Waals surface area contributed by atoms with E-state index in [-0.39, 0.29) is 12.4 Å². The van der Waals surface area contributed by atoms with Crippen molar-refractivity contribution >= 4 is 11.9 Å². The molecule has 0 spiro atoms. The molecule has 0 saturated carbocycles. The van der Waals surface area contributed by atoms with E-state index < -0.39 is 12.1 Å². The van der Waals surface area contributed by atoms with Gasteiger partial charge in [-0.1, -0.05) is 96.6 Å². The Morgan fingerprint density at radius 3 is 1.74 bits per heavy atom. The minimum atomic E-state index is -0.897. The number of unbranched alkanes of at least 4 members (excludes halogenated alkanes) is 14. The highest BCUT2D eigenvalue weighted by Crippen LogP contribution is 2.14. The van der Waals surface area contributed by atoms with E-state index >= 15 is 0 Å². The van der Waals surface area contributed by atoms with Crippen LogP contribution in [0, 0.1) is 0 Å². The van der Waals surface area contributed by atoms with E-state index in [2.05, 4.69) is 26.0 Å². The van der Waals surface area contributed by atoms with Gasteiger partial charge in [-0.05, 0) is 44.9 Å². The van der Waals surface area contributed by atoms with Crippen molar-refractivity contribution in [2.24, 2.45) is 0 Å². The molecule has 0 saturated heterocycles. The lowest BCUT2D eigenvalue weighted by atomic mass is 10.1. The van der Waals surface area contributed by atoms with Crippen molar-refractivity contribution < 1.29 is 19.4 Å². The second-order valence-electron chi connectivity index (χ2n) is 8.89. The Bertz CT molecular complexity index is 445. The van der Waals surface area contributed by atoms with Gasteiger partial charge in [-0.25, -0.2) is 0 Å². The van der Waals surface area contributed by atoms with Crippen LogP contribution in [0.25, 0.3) is 0 Å². The second kappa shape index (κ2) is 23.3. The van der Waals surface area contributed by atoms with Gasteiger partial charge in [-0.15, -0.1) is 0 Å². The Morgan fingerprint density at radius 1 is 0.710 bits per heavy atom. The standard InChI is InChI=1S/C27H50O4/c1-3-5-7-8-9-10-11-12-13-14-15-16-17-18-19-21-23-27(30)31-25(24-26(28)29)22-20-6-4-2/h12-13,25H,3-11,14-24H2,1-2H3,(H,28,29)/b13-12-. The molecule has 0 rings (SSSR count). The molecule has 0 amide bonds. The first-order chi connectivity index (χ1) is 15.1. The predicted molar refractivity (Wildman–Crippen MR) is 130 cm³/mol. The highest BCUT2D eigenvalue weighted by atomic mass is 16.5. The average molecular weight is 439 g/mol. The number of carboxylic acid groups (broad SMARTS) is 1. The van der Waals surface area contributed by atoms with Crippen LogP contribution in [0.5, 0.6) is 0 Å². The van der Waals surface area contributed by atoms with Gasteiger partial charge in [0.05, 0.1) is 6.42 Å². The van der Waals surface area contributed by atoms with E-state index in [1.165, 1.54) is 70.6 Å². The lowest BCUT2D eigenvalue weighted by Gasteiger charge is -2.16. The Labute approximate surface area is 192 Å². The summed E-state index contributed by atoms with van der Waals surface area (Å²) in [4.78, 5) is 22.9. The molecule has 1 atom stereocenters. The van der Waals surface area contributed by atoms with Gasteiger partial charge in [0.1, 0.15) is 6.10 Å². The molecule has 0 aromatic carbocycles. The van der Waals surface area contributed by atoms with Gasteiger partial charge in [-0.2, -0.15) is 0 Å². The summed E-state index contributed by atoms with van der Waals surface area (Å²) in [6, 6.07) is 0. The Kier molecular flexibility index (Phi) is 22.4. The molecule has 0 aromatic rings. The number of ether oxygens (including phenoxy) is 1. The normalized spacial score (nSPS) is 12.3. The number of carbonyl (C=O) groups excluding carboxylic acids is 1. The van der Waals surface area contributed by atoms with Crippen LogP contribution in [0.4, 0.5) is 0 Å². The van der Waals surface area contributed by atoms with E-state index in [0.717, 1.165) is 38.5 Å². The predicted octanol–water partition coefficient (Wildman–Crippen LogP) is 8.38. The Balaban J connectivity index is 3.54. The summed E-state index contributed by atoms with van der Waals surface area (Å²) in [6.45, 7) is 4.36. The number of carboxylic acids is 1. The smallest absolute Gasteiger partial charge is 0.307 e. The van der Waals surface area contributed by atoms with E-state index in [1.807, 2.05) is 0 Å². The fraction of sp³-hybridized carbons (Fsp3) is 0.852. The van der Waals surface area contributed by atoms with E-state index in [9.17, 15) is 9.59 Å². The van der Waals surface area contributed by atoms with Crippen molar-refractivity contribution in [3.63, 3.8) is 0 Å². The molecule has 1 N–H and O–H groups in total. The number of hydrogen-bond acceptors (Lipinski definition) is 3. The van der Waals surface area contributed by atoms with Crippen LogP contribution in [-0.2, 0) is 14.3 Å². The van der Waals surface area contributed by atoms with E-state index in [1.54, 1.807) is 0 Å². The maximum absolute atomic E-state index is 12.0. The first-order valence-electron chi connectivity index (χ1n) is 13.2. The summed E-state index contributed by atoms with van der Waals surface area (Å²) in [5.74, 6) is -1.13. The average Bonchev–Trinajstić information content (AvgIpc) is 2.73. The highest BCUT2D eigenvalue weighted by Gasteiger charge is 2.17. The SMILES string of the molecule is CCCCCCCC/C=C\CCCCCCCCC(=O)OC(CCCCC)CC(=O)O. The third-order valence-electron chi connectivity index (χ3n) is 5.72. The first kappa shape index (κ1) is 29.7. The number of hydrogen-bond donors (Lipinski definition) is 1. The quantitative estimate of drug-likeness (QED) is 0.0988. The van der Waals surface area contributed by atoms with Crippen LogP contribution in [0.2, 0.25) is 0 Å². The number of carbonyl (C=O) groups is 2. The number of allylic oxidation sites excluding steroid dienone is 2. The van der Waals surface area contributed by atoms with Crippen LogP contribution >= 0.6 is 0 Å². The van der Waals surface area contributed by atoms with Crippen molar-refractivity contribution in [2.45, 2.75) is 148 Å². The van der Waals surface area contributed by atoms with Crippen LogP contribution in [0.15, 0.2) is 12.2 Å². The zero-order valence-corrected chi connectivity index (χ0v) is 20.5. The highest BCUT2D eigenvalue weighted by molar-refractivity contribution is 5.71. The summed E-state index contributed by atoms with van der Waals surface area (Å²) in [5.41, 5.74) is 0. The minimum absolute atomic E-state index is 0.0805. The van der Waals surface area contributed by atoms with Gasteiger partial charge in [0.25, 0.3) is 0 Å². The zero-order valence-electron chi connectivity index (χ0n) is 20.5. The van der Waals surface area contributed by atoms with Crippen molar-refractivity contribution in [3.8, 4) is 0 Å². The maximum atomic E-state index is 12.0. The first-order valence-corrected chi connectivity index (χ1v) is 13.2. The third-order valence-corrected chi connectivity index (χ3v) is 5.72. The molecule has 0 heterocycles. The minimum Gasteiger partial charge on any atom is -0.481 e. The molecule has 0 radical (unpaired) electrons. The van der Waals surface area contributed by atoms with Crippen LogP contribution in [-0.4, -0.2) is 23.1 Å². The van der Waals surface area contributed by atoms with Crippen LogP contribution < -0.4 is 0 Å². The molecule has 182 valence electrons. The van der Waals surface area contributed by atoms with Gasteiger partial charge in [0.2, 0.25) is 0 Å². The lowest BCUT2D eigenvalue weighted by Crippen LogP contribution is -2.21. The molecule has 0 aliphatic heterocycles. The summed E-state index contributed by atoms with van der Waals surface area (Å²) >= 11 is 0. The molecule has 1 unspecified atom stereocenters. The fourth-order valence-electron chi connectivity index (χ4n) is 3.78. The molecule has 4 nitrogen and oxygen atoms in total. The molecule has 0 aromatic heterocycles. The van der Waals surface area contributed by atoms with Crippen molar-refractivity contribution in [1.29, 1.82) is 0 Å². The molecular weight excluding hydrogens is 388 g/mol. The Hall–Kier alpha value is -1.32. The molecule has 31 heavy (non-hydrogen) atoms. The molecule has 0 bridgehead atoms. The molecule has 0 fully saturated rings. The Morgan fingerprint density at radius 2 is 1.19 bits per heavy atom. The summed E-state index contributed by atoms with van der Waals surface area (Å²) in [5, 5.41) is 8.98. The van der Waals surface area contributed by atoms with Gasteiger partial charge >= 0.3 is 11.9 Å². The number of rotatable bonds is 23. The molecule has 0 aliphatic carbocycles. The third kappa shape index (κ3) is 23.2. The summed E-state index contributed by atoms with van der Waals surface area (Å²) < 4.78 is 5.40. The number of esters is 1. The van der Waals surface area contributed by atoms with E-state index in [4.69, 9.17) is 9.84 Å².